The van der Waals surface area contributed by atoms with Gasteiger partial charge >= 0.3 is 0 Å². The molecule has 0 nitrogen and oxygen atoms in total. The van der Waals surface area contributed by atoms with E-state index in [2.05, 4.69) is 26.0 Å². The van der Waals surface area contributed by atoms with E-state index in [1.807, 2.05) is 13.8 Å². The Morgan fingerprint density at radius 2 is 1.64 bits per heavy atom. The van der Waals surface area contributed by atoms with Crippen LogP contribution in [-0.4, -0.2) is 0 Å². The molecule has 1 aromatic rings. The molecule has 1 aliphatic carbocycles. The van der Waals surface area contributed by atoms with Crippen molar-refractivity contribution in [1.82, 2.24) is 0 Å². The Morgan fingerprint density at radius 1 is 1.07 bits per heavy atom. The SMILES string of the molecule is CC.CCc1cc2c(cc1C)CCC2. The zero-order valence-electron chi connectivity index (χ0n) is 9.98. The first-order valence-electron chi connectivity index (χ1n) is 5.92. The lowest BCUT2D eigenvalue weighted by molar-refractivity contribution is 0.911. The van der Waals surface area contributed by atoms with Crippen LogP contribution in [0.2, 0.25) is 0 Å². The Bertz CT molecular complexity index is 296. The maximum Gasteiger partial charge on any atom is -0.0273 e. The summed E-state index contributed by atoms with van der Waals surface area (Å²) in [5.74, 6) is 0. The van der Waals surface area contributed by atoms with Crippen LogP contribution in [0, 0.1) is 6.92 Å². The lowest BCUT2D eigenvalue weighted by atomic mass is 9.99. The van der Waals surface area contributed by atoms with Crippen LogP contribution >= 0.6 is 0 Å². The van der Waals surface area contributed by atoms with Crippen LogP contribution < -0.4 is 0 Å². The lowest BCUT2D eigenvalue weighted by Crippen LogP contribution is -1.91. The maximum atomic E-state index is 2.41. The van der Waals surface area contributed by atoms with Crippen LogP contribution in [0.25, 0.3) is 0 Å². The summed E-state index contributed by atoms with van der Waals surface area (Å²) in [6, 6.07) is 4.80. The molecular formula is C14H22. The summed E-state index contributed by atoms with van der Waals surface area (Å²) < 4.78 is 0. The van der Waals surface area contributed by atoms with Gasteiger partial charge in [-0.1, -0.05) is 32.9 Å². The minimum absolute atomic E-state index is 1.18. The average Bonchev–Trinajstić information content (AvgIpc) is 2.66. The number of fused-ring (bicyclic) bond motifs is 1. The Kier molecular flexibility index (Phi) is 4.19. The van der Waals surface area contributed by atoms with Crippen LogP contribution in [0.1, 0.15) is 49.4 Å². The summed E-state index contributed by atoms with van der Waals surface area (Å²) in [6.07, 6.45) is 5.16. The van der Waals surface area contributed by atoms with Crippen LogP contribution in [0.4, 0.5) is 0 Å². The van der Waals surface area contributed by atoms with Crippen molar-refractivity contribution in [1.29, 1.82) is 0 Å². The first kappa shape index (κ1) is 11.3. The Labute approximate surface area is 88.4 Å². The third-order valence-corrected chi connectivity index (χ3v) is 2.93. The van der Waals surface area contributed by atoms with Crippen molar-refractivity contribution in [3.05, 3.63) is 34.4 Å². The summed E-state index contributed by atoms with van der Waals surface area (Å²) in [4.78, 5) is 0. The van der Waals surface area contributed by atoms with Crippen molar-refractivity contribution in [2.24, 2.45) is 0 Å². The van der Waals surface area contributed by atoms with Gasteiger partial charge in [-0.2, -0.15) is 0 Å². The van der Waals surface area contributed by atoms with E-state index in [0.29, 0.717) is 0 Å². The lowest BCUT2D eigenvalue weighted by Gasteiger charge is -2.06. The standard InChI is InChI=1S/C12H16.C2H6/c1-3-10-8-12-6-4-5-11(12)7-9(10)2;1-2/h7-8H,3-6H2,1-2H3;1-2H3. The number of hydrogen-bond donors (Lipinski definition) is 0. The van der Waals surface area contributed by atoms with Gasteiger partial charge in [0.15, 0.2) is 0 Å². The third kappa shape index (κ3) is 2.17. The van der Waals surface area contributed by atoms with E-state index in [0.717, 1.165) is 0 Å². The predicted octanol–water partition coefficient (Wildman–Crippen LogP) is 4.07. The molecule has 0 bridgehead atoms. The highest BCUT2D eigenvalue weighted by atomic mass is 14.2. The maximum absolute atomic E-state index is 2.41. The molecule has 0 radical (unpaired) electrons. The van der Waals surface area contributed by atoms with Crippen molar-refractivity contribution < 1.29 is 0 Å². The highest BCUT2D eigenvalue weighted by Crippen LogP contribution is 2.25. The van der Waals surface area contributed by atoms with E-state index in [9.17, 15) is 0 Å². The van der Waals surface area contributed by atoms with Crippen molar-refractivity contribution in [3.63, 3.8) is 0 Å². The number of rotatable bonds is 1. The van der Waals surface area contributed by atoms with Crippen LogP contribution in [0.3, 0.4) is 0 Å². The minimum atomic E-state index is 1.18. The smallest absolute Gasteiger partial charge is 0.0273 e. The molecule has 2 rings (SSSR count). The fourth-order valence-corrected chi connectivity index (χ4v) is 2.18. The fourth-order valence-electron chi connectivity index (χ4n) is 2.18. The van der Waals surface area contributed by atoms with Gasteiger partial charge in [0.05, 0.1) is 0 Å². The largest absolute Gasteiger partial charge is 0.0683 e. The van der Waals surface area contributed by atoms with Gasteiger partial charge in [0.1, 0.15) is 0 Å². The predicted molar refractivity (Wildman–Crippen MR) is 63.9 cm³/mol. The zero-order valence-corrected chi connectivity index (χ0v) is 9.98. The molecular weight excluding hydrogens is 168 g/mol. The normalized spacial score (nSPS) is 13.1. The molecule has 0 N–H and O–H groups in total. The van der Waals surface area contributed by atoms with Crippen LogP contribution in [0.5, 0.6) is 0 Å². The molecule has 0 spiro atoms. The summed E-state index contributed by atoms with van der Waals surface area (Å²) >= 11 is 0. The molecule has 0 aliphatic heterocycles. The number of aryl methyl sites for hydroxylation is 4. The first-order valence-corrected chi connectivity index (χ1v) is 5.92. The molecule has 0 saturated heterocycles. The molecule has 0 heterocycles. The van der Waals surface area contributed by atoms with Gasteiger partial charge in [0.2, 0.25) is 0 Å². The molecule has 0 unspecified atom stereocenters. The molecule has 14 heavy (non-hydrogen) atoms. The topological polar surface area (TPSA) is 0 Å². The average molecular weight is 190 g/mol. The van der Waals surface area contributed by atoms with Gasteiger partial charge in [0.25, 0.3) is 0 Å². The minimum Gasteiger partial charge on any atom is -0.0683 e. The van der Waals surface area contributed by atoms with E-state index >= 15 is 0 Å². The van der Waals surface area contributed by atoms with Gasteiger partial charge in [-0.05, 0) is 54.9 Å². The number of hydrogen-bond acceptors (Lipinski definition) is 0. The monoisotopic (exact) mass is 190 g/mol. The molecule has 0 fully saturated rings. The second-order valence-corrected chi connectivity index (χ2v) is 3.75. The summed E-state index contributed by atoms with van der Waals surface area (Å²) in [7, 11) is 0. The van der Waals surface area contributed by atoms with Crippen molar-refractivity contribution in [2.45, 2.75) is 53.4 Å². The fraction of sp³-hybridized carbons (Fsp3) is 0.571. The van der Waals surface area contributed by atoms with Crippen LogP contribution in [-0.2, 0) is 19.3 Å². The molecule has 0 amide bonds. The molecule has 0 saturated carbocycles. The highest BCUT2D eigenvalue weighted by Gasteiger charge is 2.11. The van der Waals surface area contributed by atoms with Gasteiger partial charge < -0.3 is 0 Å². The van der Waals surface area contributed by atoms with E-state index in [-0.39, 0.29) is 0 Å². The van der Waals surface area contributed by atoms with Crippen molar-refractivity contribution in [2.75, 3.05) is 0 Å². The van der Waals surface area contributed by atoms with E-state index < -0.39 is 0 Å². The van der Waals surface area contributed by atoms with Gasteiger partial charge in [-0.3, -0.25) is 0 Å². The third-order valence-electron chi connectivity index (χ3n) is 2.93. The van der Waals surface area contributed by atoms with E-state index in [1.54, 1.807) is 11.1 Å². The summed E-state index contributed by atoms with van der Waals surface area (Å²) in [5.41, 5.74) is 6.23. The molecule has 0 aromatic heterocycles. The van der Waals surface area contributed by atoms with Gasteiger partial charge in [0, 0.05) is 0 Å². The molecule has 1 aliphatic rings. The van der Waals surface area contributed by atoms with Crippen LogP contribution in [0.15, 0.2) is 12.1 Å². The Balaban J connectivity index is 0.000000461. The first-order chi connectivity index (χ1) is 6.81. The van der Waals surface area contributed by atoms with Gasteiger partial charge in [-0.25, -0.2) is 0 Å². The zero-order chi connectivity index (χ0) is 10.6. The molecule has 78 valence electrons. The Hall–Kier alpha value is -0.780. The summed E-state index contributed by atoms with van der Waals surface area (Å²) in [6.45, 7) is 8.47. The highest BCUT2D eigenvalue weighted by molar-refractivity contribution is 5.40. The number of benzene rings is 1. The summed E-state index contributed by atoms with van der Waals surface area (Å²) in [5, 5.41) is 0. The van der Waals surface area contributed by atoms with Crippen molar-refractivity contribution >= 4 is 0 Å². The van der Waals surface area contributed by atoms with E-state index in [1.165, 1.54) is 36.8 Å². The van der Waals surface area contributed by atoms with Gasteiger partial charge in [-0.15, -0.1) is 0 Å². The molecule has 0 heteroatoms. The van der Waals surface area contributed by atoms with Crippen molar-refractivity contribution in [3.8, 4) is 0 Å². The molecule has 1 aromatic carbocycles. The second kappa shape index (κ2) is 5.19. The van der Waals surface area contributed by atoms with E-state index in [4.69, 9.17) is 0 Å². The molecule has 0 atom stereocenters. The second-order valence-electron chi connectivity index (χ2n) is 3.75. The Morgan fingerprint density at radius 3 is 2.21 bits per heavy atom. The quantitative estimate of drug-likeness (QED) is 0.626.